The summed E-state index contributed by atoms with van der Waals surface area (Å²) in [4.78, 5) is 58.2. The number of carboxylic acid groups (broad SMARTS) is 2. The maximum Gasteiger partial charge on any atom is 2.00 e. The molecule has 0 aliphatic heterocycles. The molecule has 2 N–H and O–H groups in total. The van der Waals surface area contributed by atoms with E-state index in [0.29, 0.717) is 12.8 Å². The van der Waals surface area contributed by atoms with Crippen molar-refractivity contribution in [3.63, 3.8) is 0 Å². The number of aliphatic carboxylic acids is 2. The number of carbonyl (C=O) groups excluding carboxylic acids is 4. The van der Waals surface area contributed by atoms with Crippen LogP contribution in [0.3, 0.4) is 0 Å². The van der Waals surface area contributed by atoms with Crippen molar-refractivity contribution in [1.29, 1.82) is 0 Å². The zero-order valence-corrected chi connectivity index (χ0v) is 23.0. The minimum Gasteiger partial charge on any atom is -0.549 e. The van der Waals surface area contributed by atoms with Crippen molar-refractivity contribution in [3.8, 4) is 0 Å². The Balaban J connectivity index is -0.0000000907. The van der Waals surface area contributed by atoms with Crippen LogP contribution in [0.4, 0.5) is 0 Å². The molecule has 0 aliphatic rings. The van der Waals surface area contributed by atoms with Gasteiger partial charge in [-0.2, -0.15) is 0 Å². The summed E-state index contributed by atoms with van der Waals surface area (Å²) in [7, 11) is -3.22. The van der Waals surface area contributed by atoms with Crippen molar-refractivity contribution >= 4 is 40.1 Å². The van der Waals surface area contributed by atoms with Gasteiger partial charge in [0.15, 0.2) is 16.6 Å². The molecule has 0 fully saturated rings. The number of hydrogen-bond acceptors (Lipinski definition) is 8. The van der Waals surface area contributed by atoms with Crippen molar-refractivity contribution in [2.24, 2.45) is 11.8 Å². The average Bonchev–Trinajstić information content (AvgIpc) is 2.34. The van der Waals surface area contributed by atoms with E-state index >= 15 is 0 Å². The van der Waals surface area contributed by atoms with Gasteiger partial charge in [0.05, 0.1) is 23.8 Å². The van der Waals surface area contributed by atoms with E-state index < -0.39 is 40.4 Å². The average molecular weight is 487 g/mol. The molecule has 0 saturated carbocycles. The van der Waals surface area contributed by atoms with E-state index in [4.69, 9.17) is 9.59 Å². The van der Waals surface area contributed by atoms with E-state index in [0.717, 1.165) is 0 Å². The van der Waals surface area contributed by atoms with Crippen molar-refractivity contribution < 1.29 is 60.7 Å². The van der Waals surface area contributed by atoms with Gasteiger partial charge in [0.2, 0.25) is 0 Å². The van der Waals surface area contributed by atoms with Crippen LogP contribution in [0.25, 0.3) is 0 Å². The first-order valence-electron chi connectivity index (χ1n) is 9.06. The quantitative estimate of drug-likeness (QED) is 0.402. The number of carboxylic acids is 2. The normalized spacial score (nSPS) is 12.0. The number of Topliss-reactive ketones (excluding diaryl/α,β-unsaturated/α-hetero) is 2. The van der Waals surface area contributed by atoms with Crippen LogP contribution in [0, 0.1) is 11.8 Å². The molecule has 0 aromatic rings. The number of hydrogen-bond donors (Lipinski definition) is 2. The summed E-state index contributed by atoms with van der Waals surface area (Å²) < 4.78 is 0. The van der Waals surface area contributed by atoms with Gasteiger partial charge in [-0.25, -0.2) is 0 Å². The molecule has 0 aromatic carbocycles. The first-order valence-corrected chi connectivity index (χ1v) is 16.0. The Morgan fingerprint density at radius 1 is 0.690 bits per heavy atom. The van der Waals surface area contributed by atoms with Gasteiger partial charge >= 0.3 is 21.7 Å². The van der Waals surface area contributed by atoms with Crippen molar-refractivity contribution in [2.45, 2.75) is 79.8 Å². The third-order valence-corrected chi connectivity index (χ3v) is 2.37. The summed E-state index contributed by atoms with van der Waals surface area (Å²) in [5.74, 6) is -5.04. The molecule has 0 aromatic heterocycles. The predicted octanol–water partition coefficient (Wildman–Crippen LogP) is 0.328. The van der Waals surface area contributed by atoms with E-state index in [2.05, 4.69) is 0 Å². The molecule has 0 aliphatic carbocycles. The van der Waals surface area contributed by atoms with Gasteiger partial charge < -0.3 is 29.4 Å². The fourth-order valence-electron chi connectivity index (χ4n) is 1.24. The van der Waals surface area contributed by atoms with Crippen LogP contribution in [0.2, 0.25) is 39.3 Å². The predicted molar refractivity (Wildman–Crippen MR) is 110 cm³/mol. The SMILES string of the molecule is CCC(C(C)=O)C(=O)[O-].CCC(C(C)=O)C(=O)[O-].C[Si](C)(C)O.C[Si](C)(C)O.[Ti+2]. The fraction of sp³-hybridized carbons (Fsp3) is 0.778. The Kier molecular flexibility index (Phi) is 25.9. The molecular weight excluding hydrogens is 448 g/mol. The number of rotatable bonds is 6. The van der Waals surface area contributed by atoms with Gasteiger partial charge in [-0.05, 0) is 66.0 Å². The number of ketones is 2. The molecule has 0 spiro atoms. The Morgan fingerprint density at radius 3 is 0.828 bits per heavy atom. The topological polar surface area (TPSA) is 155 Å². The molecule has 0 heterocycles. The third kappa shape index (κ3) is 46.9. The molecule has 0 saturated heterocycles. The molecular formula is C18H38O8Si2Ti. The van der Waals surface area contributed by atoms with Crippen LogP contribution in [0.1, 0.15) is 40.5 Å². The summed E-state index contributed by atoms with van der Waals surface area (Å²) in [6.07, 6.45) is 0.634. The van der Waals surface area contributed by atoms with Crippen LogP contribution < -0.4 is 10.2 Å². The molecule has 8 nitrogen and oxygen atoms in total. The summed E-state index contributed by atoms with van der Waals surface area (Å²) in [5.41, 5.74) is 0. The second kappa shape index (κ2) is 19.3. The zero-order valence-electron chi connectivity index (χ0n) is 19.4. The Morgan fingerprint density at radius 2 is 0.828 bits per heavy atom. The molecule has 2 unspecified atom stereocenters. The molecule has 0 radical (unpaired) electrons. The summed E-state index contributed by atoms with van der Waals surface area (Å²) in [6, 6.07) is 0. The van der Waals surface area contributed by atoms with Gasteiger partial charge in [-0.15, -0.1) is 0 Å². The van der Waals surface area contributed by atoms with Gasteiger partial charge in [-0.1, -0.05) is 13.8 Å². The third-order valence-electron chi connectivity index (χ3n) is 2.37. The van der Waals surface area contributed by atoms with E-state index in [-0.39, 0.29) is 33.3 Å². The van der Waals surface area contributed by atoms with E-state index in [1.807, 2.05) is 39.3 Å². The second-order valence-corrected chi connectivity index (χ2v) is 16.8. The minimum atomic E-state index is -1.61. The molecule has 0 bridgehead atoms. The first-order chi connectivity index (χ1) is 12.2. The Labute approximate surface area is 192 Å². The van der Waals surface area contributed by atoms with Gasteiger partial charge in [0, 0.05) is 0 Å². The van der Waals surface area contributed by atoms with Crippen molar-refractivity contribution in [2.75, 3.05) is 0 Å². The summed E-state index contributed by atoms with van der Waals surface area (Å²) in [5, 5.41) is 20.1. The van der Waals surface area contributed by atoms with Gasteiger partial charge in [0.1, 0.15) is 11.6 Å². The van der Waals surface area contributed by atoms with Crippen LogP contribution >= 0.6 is 0 Å². The Bertz CT molecular complexity index is 401. The summed E-state index contributed by atoms with van der Waals surface area (Å²) in [6.45, 7) is 17.1. The largest absolute Gasteiger partial charge is 2.00 e. The molecule has 0 rings (SSSR count). The smallest absolute Gasteiger partial charge is 0.549 e. The van der Waals surface area contributed by atoms with Crippen LogP contribution in [-0.4, -0.2) is 49.7 Å². The second-order valence-electron chi connectivity index (χ2n) is 8.12. The molecule has 2 atom stereocenters. The maximum absolute atomic E-state index is 10.4. The van der Waals surface area contributed by atoms with Gasteiger partial charge in [0.25, 0.3) is 0 Å². The van der Waals surface area contributed by atoms with Crippen molar-refractivity contribution in [1.82, 2.24) is 0 Å². The van der Waals surface area contributed by atoms with Crippen LogP contribution in [0.15, 0.2) is 0 Å². The van der Waals surface area contributed by atoms with E-state index in [1.165, 1.54) is 13.8 Å². The van der Waals surface area contributed by atoms with E-state index in [1.54, 1.807) is 13.8 Å². The first kappa shape index (κ1) is 38.9. The zero-order chi connectivity index (χ0) is 23.9. The minimum absolute atomic E-state index is 0. The molecule has 29 heavy (non-hydrogen) atoms. The van der Waals surface area contributed by atoms with Crippen LogP contribution in [0.5, 0.6) is 0 Å². The number of carbonyl (C=O) groups is 4. The Hall–Kier alpha value is -0.652. The van der Waals surface area contributed by atoms with E-state index in [9.17, 15) is 29.4 Å². The molecule has 11 heteroatoms. The van der Waals surface area contributed by atoms with Gasteiger partial charge in [-0.3, -0.25) is 9.59 Å². The molecule has 170 valence electrons. The van der Waals surface area contributed by atoms with Crippen LogP contribution in [-0.2, 0) is 40.9 Å². The standard InChI is InChI=1S/2C6H10O3.2C3H10OSi.Ti/c2*1-3-5(4(2)7)6(8)9;2*1-5(2,3)4;/h2*5H,3H2,1-2H3,(H,8,9);2*4H,1-3H3;/q;;;;+2/p-2. The molecule has 0 amide bonds. The monoisotopic (exact) mass is 486 g/mol. The van der Waals surface area contributed by atoms with Crippen molar-refractivity contribution in [3.05, 3.63) is 0 Å². The fourth-order valence-corrected chi connectivity index (χ4v) is 1.24. The summed E-state index contributed by atoms with van der Waals surface area (Å²) >= 11 is 0. The maximum atomic E-state index is 10.4.